The van der Waals surface area contributed by atoms with Gasteiger partial charge in [-0.25, -0.2) is 4.79 Å². The maximum atomic E-state index is 12.4. The summed E-state index contributed by atoms with van der Waals surface area (Å²) < 4.78 is 5.39. The number of esters is 1. The fourth-order valence-corrected chi connectivity index (χ4v) is 3.07. The van der Waals surface area contributed by atoms with Crippen LogP contribution >= 0.6 is 0 Å². The third-order valence-corrected chi connectivity index (χ3v) is 4.24. The van der Waals surface area contributed by atoms with Crippen molar-refractivity contribution in [1.82, 2.24) is 4.90 Å². The summed E-state index contributed by atoms with van der Waals surface area (Å²) in [5.74, 6) is -0.503. The van der Waals surface area contributed by atoms with Gasteiger partial charge < -0.3 is 15.4 Å². The van der Waals surface area contributed by atoms with Crippen LogP contribution in [0.15, 0.2) is 42.5 Å². The number of nitrogens with two attached hydrogens (primary N) is 1. The number of benzene rings is 1. The molecule has 2 aliphatic heterocycles. The van der Waals surface area contributed by atoms with E-state index >= 15 is 0 Å². The van der Waals surface area contributed by atoms with Gasteiger partial charge in [0.2, 0.25) is 5.91 Å². The molecule has 1 unspecified atom stereocenters. The highest BCUT2D eigenvalue weighted by Gasteiger charge is 2.42. The lowest BCUT2D eigenvalue weighted by Crippen LogP contribution is -2.50. The summed E-state index contributed by atoms with van der Waals surface area (Å²) in [4.78, 5) is 26.3. The summed E-state index contributed by atoms with van der Waals surface area (Å²) in [5.41, 5.74) is 6.80. The predicted octanol–water partition coefficient (Wildman–Crippen LogP) is 1.38. The molecular formula is C17H20N2O3. The summed E-state index contributed by atoms with van der Waals surface area (Å²) in [5, 5.41) is 0. The lowest BCUT2D eigenvalue weighted by molar-refractivity contribution is -0.155. The van der Waals surface area contributed by atoms with Crippen LogP contribution in [0.1, 0.15) is 24.8 Å². The summed E-state index contributed by atoms with van der Waals surface area (Å²) in [6.07, 6.45) is 5.85. The average molecular weight is 300 g/mol. The molecule has 0 bridgehead atoms. The molecule has 1 saturated heterocycles. The van der Waals surface area contributed by atoms with Crippen LogP contribution in [0.4, 0.5) is 0 Å². The van der Waals surface area contributed by atoms with Gasteiger partial charge in [0.05, 0.1) is 12.1 Å². The first-order valence-electron chi connectivity index (χ1n) is 7.62. The number of carbonyl (C=O) groups is 2. The molecule has 0 radical (unpaired) electrons. The molecule has 0 aliphatic carbocycles. The zero-order valence-corrected chi connectivity index (χ0v) is 12.4. The number of carbonyl (C=O) groups excluding carboxylic acids is 2. The number of ether oxygens (including phenoxy) is 1. The highest BCUT2D eigenvalue weighted by Crippen LogP contribution is 2.29. The number of nitrogens with zero attached hydrogens (tertiary/aromatic N) is 1. The Hall–Kier alpha value is -2.14. The van der Waals surface area contributed by atoms with E-state index in [4.69, 9.17) is 10.5 Å². The number of fused-ring (bicyclic) bond motifs is 1. The van der Waals surface area contributed by atoms with Crippen LogP contribution < -0.4 is 5.73 Å². The Morgan fingerprint density at radius 2 is 2.05 bits per heavy atom. The summed E-state index contributed by atoms with van der Waals surface area (Å²) in [6.45, 7) is 0.227. The highest BCUT2D eigenvalue weighted by molar-refractivity contribution is 5.89. The van der Waals surface area contributed by atoms with Crippen molar-refractivity contribution in [1.29, 1.82) is 0 Å². The van der Waals surface area contributed by atoms with E-state index in [9.17, 15) is 9.59 Å². The van der Waals surface area contributed by atoms with Gasteiger partial charge >= 0.3 is 5.97 Å². The molecule has 2 aliphatic rings. The normalized spacial score (nSPS) is 27.4. The zero-order chi connectivity index (χ0) is 15.5. The Morgan fingerprint density at radius 1 is 1.27 bits per heavy atom. The molecule has 0 spiro atoms. The van der Waals surface area contributed by atoms with Crippen molar-refractivity contribution in [2.45, 2.75) is 44.0 Å². The van der Waals surface area contributed by atoms with Gasteiger partial charge in [0.15, 0.2) is 0 Å². The molecule has 2 heterocycles. The highest BCUT2D eigenvalue weighted by atomic mass is 16.5. The smallest absolute Gasteiger partial charge is 0.329 e. The first kappa shape index (κ1) is 14.8. The predicted molar refractivity (Wildman–Crippen MR) is 81.6 cm³/mol. The number of hydrogen-bond donors (Lipinski definition) is 1. The van der Waals surface area contributed by atoms with Crippen molar-refractivity contribution in [3.63, 3.8) is 0 Å². The van der Waals surface area contributed by atoms with Gasteiger partial charge in [-0.15, -0.1) is 0 Å². The number of hydrogen-bond acceptors (Lipinski definition) is 4. The minimum atomic E-state index is -0.566. The molecule has 5 heteroatoms. The summed E-state index contributed by atoms with van der Waals surface area (Å²) in [6, 6.07) is 8.40. The fraction of sp³-hybridized carbons (Fsp3) is 0.412. The molecule has 0 saturated carbocycles. The fourth-order valence-electron chi connectivity index (χ4n) is 3.07. The van der Waals surface area contributed by atoms with Gasteiger partial charge in [-0.05, 0) is 24.8 Å². The van der Waals surface area contributed by atoms with Gasteiger partial charge in [-0.1, -0.05) is 42.5 Å². The van der Waals surface area contributed by atoms with Gasteiger partial charge in [0, 0.05) is 0 Å². The third-order valence-electron chi connectivity index (χ3n) is 4.24. The molecule has 1 aromatic rings. The van der Waals surface area contributed by atoms with Crippen molar-refractivity contribution >= 4 is 11.9 Å². The number of rotatable bonds is 3. The Morgan fingerprint density at radius 3 is 2.82 bits per heavy atom. The van der Waals surface area contributed by atoms with Crippen molar-refractivity contribution < 1.29 is 14.3 Å². The number of amides is 1. The van der Waals surface area contributed by atoms with Gasteiger partial charge in [0.1, 0.15) is 12.6 Å². The summed E-state index contributed by atoms with van der Waals surface area (Å²) >= 11 is 0. The quantitative estimate of drug-likeness (QED) is 0.676. The molecule has 5 nitrogen and oxygen atoms in total. The standard InChI is InChI=1S/C17H20N2O3/c18-14-8-4-7-13-9-10-15(19(13)16(14)20)17(21)22-11-12-5-2-1-3-6-12/h1-7,13-15H,8-11,18H2/t13?,14-,15-/m0/s1. The van der Waals surface area contributed by atoms with Crippen molar-refractivity contribution in [3.8, 4) is 0 Å². The average Bonchev–Trinajstić information content (AvgIpc) is 2.91. The maximum Gasteiger partial charge on any atom is 0.329 e. The summed E-state index contributed by atoms with van der Waals surface area (Å²) in [7, 11) is 0. The van der Waals surface area contributed by atoms with E-state index in [-0.39, 0.29) is 24.5 Å². The molecule has 1 amide bonds. The van der Waals surface area contributed by atoms with Crippen molar-refractivity contribution in [3.05, 3.63) is 48.0 Å². The maximum absolute atomic E-state index is 12.4. The monoisotopic (exact) mass is 300 g/mol. The lowest BCUT2D eigenvalue weighted by atomic mass is 10.1. The van der Waals surface area contributed by atoms with E-state index in [1.807, 2.05) is 42.5 Å². The molecular weight excluding hydrogens is 280 g/mol. The molecule has 2 N–H and O–H groups in total. The molecule has 22 heavy (non-hydrogen) atoms. The molecule has 0 aromatic heterocycles. The Bertz CT molecular complexity index is 585. The van der Waals surface area contributed by atoms with E-state index in [1.165, 1.54) is 0 Å². The first-order valence-corrected chi connectivity index (χ1v) is 7.62. The minimum Gasteiger partial charge on any atom is -0.459 e. The van der Waals surface area contributed by atoms with E-state index < -0.39 is 12.1 Å². The Kier molecular flexibility index (Phi) is 4.24. The van der Waals surface area contributed by atoms with Crippen LogP contribution in [0, 0.1) is 0 Å². The van der Waals surface area contributed by atoms with Crippen LogP contribution in [-0.4, -0.2) is 34.9 Å². The zero-order valence-electron chi connectivity index (χ0n) is 12.4. The van der Waals surface area contributed by atoms with Crippen LogP contribution in [0.3, 0.4) is 0 Å². The van der Waals surface area contributed by atoms with Crippen LogP contribution in [0.2, 0.25) is 0 Å². The third kappa shape index (κ3) is 2.90. The van der Waals surface area contributed by atoms with Crippen LogP contribution in [-0.2, 0) is 20.9 Å². The molecule has 3 rings (SSSR count). The van der Waals surface area contributed by atoms with E-state index in [2.05, 4.69) is 0 Å². The SMILES string of the molecule is N[C@H]1CC=CC2CC[C@@H](C(=O)OCc3ccccc3)N2C1=O. The molecule has 1 fully saturated rings. The Balaban J connectivity index is 1.67. The second kappa shape index (κ2) is 6.32. The minimum absolute atomic E-state index is 0.0321. The van der Waals surface area contributed by atoms with Crippen molar-refractivity contribution in [2.75, 3.05) is 0 Å². The van der Waals surface area contributed by atoms with Gasteiger partial charge in [-0.2, -0.15) is 0 Å². The molecule has 116 valence electrons. The van der Waals surface area contributed by atoms with E-state index in [0.717, 1.165) is 12.0 Å². The van der Waals surface area contributed by atoms with E-state index in [0.29, 0.717) is 12.8 Å². The first-order chi connectivity index (χ1) is 10.7. The Labute approximate surface area is 129 Å². The second-order valence-electron chi connectivity index (χ2n) is 5.77. The van der Waals surface area contributed by atoms with Gasteiger partial charge in [0.25, 0.3) is 0 Å². The van der Waals surface area contributed by atoms with Crippen molar-refractivity contribution in [2.24, 2.45) is 5.73 Å². The lowest BCUT2D eigenvalue weighted by Gasteiger charge is -2.28. The van der Waals surface area contributed by atoms with Crippen LogP contribution in [0.25, 0.3) is 0 Å². The van der Waals surface area contributed by atoms with Crippen LogP contribution in [0.5, 0.6) is 0 Å². The largest absolute Gasteiger partial charge is 0.459 e. The molecule has 1 aromatic carbocycles. The van der Waals surface area contributed by atoms with E-state index in [1.54, 1.807) is 4.90 Å². The topological polar surface area (TPSA) is 72.6 Å². The van der Waals surface area contributed by atoms with Gasteiger partial charge in [-0.3, -0.25) is 4.79 Å². The molecule has 3 atom stereocenters. The second-order valence-corrected chi connectivity index (χ2v) is 5.77.